The first-order valence-corrected chi connectivity index (χ1v) is 11.0. The van der Waals surface area contributed by atoms with E-state index in [-0.39, 0.29) is 54.6 Å². The monoisotopic (exact) mass is 507 g/mol. The first-order chi connectivity index (χ1) is 16.8. The van der Waals surface area contributed by atoms with Gasteiger partial charge in [0.05, 0.1) is 0 Å². The van der Waals surface area contributed by atoms with Crippen LogP contribution in [0.25, 0.3) is 0 Å². The second-order valence-corrected chi connectivity index (χ2v) is 8.10. The van der Waals surface area contributed by atoms with Gasteiger partial charge in [0.1, 0.15) is 38.1 Å². The van der Waals surface area contributed by atoms with E-state index in [1.165, 1.54) is 20.8 Å². The SMILES string of the molecule is C=C(C)C(=O)OC(C)COc1nc(OCC(C)OC(=O)C(=C)C)nc(OCC(C)OC(=O)C(=C)C)n1. The number of carbonyl (C=O) groups is 3. The van der Waals surface area contributed by atoms with Crippen LogP contribution in [0.15, 0.2) is 36.5 Å². The number of nitrogens with zero attached hydrogens (tertiary/aromatic N) is 3. The van der Waals surface area contributed by atoms with Crippen molar-refractivity contribution in [3.63, 3.8) is 0 Å². The first-order valence-electron chi connectivity index (χ1n) is 11.0. The largest absolute Gasteiger partial charge is 0.459 e. The minimum atomic E-state index is -0.636. The van der Waals surface area contributed by atoms with E-state index in [1.807, 2.05) is 0 Å². The van der Waals surface area contributed by atoms with Crippen LogP contribution < -0.4 is 14.2 Å². The maximum absolute atomic E-state index is 11.7. The van der Waals surface area contributed by atoms with Crippen LogP contribution in [0, 0.1) is 0 Å². The number of ether oxygens (including phenoxy) is 6. The Balaban J connectivity index is 2.91. The number of carbonyl (C=O) groups excluding carboxylic acids is 3. The lowest BCUT2D eigenvalue weighted by Gasteiger charge is -2.16. The Morgan fingerprint density at radius 2 is 0.806 bits per heavy atom. The van der Waals surface area contributed by atoms with Crippen molar-refractivity contribution < 1.29 is 42.8 Å². The lowest BCUT2D eigenvalue weighted by molar-refractivity contribution is -0.145. The van der Waals surface area contributed by atoms with Crippen molar-refractivity contribution in [3.8, 4) is 18.0 Å². The van der Waals surface area contributed by atoms with Gasteiger partial charge in [-0.1, -0.05) is 19.7 Å². The molecule has 0 aliphatic carbocycles. The average molecular weight is 508 g/mol. The van der Waals surface area contributed by atoms with E-state index in [2.05, 4.69) is 34.7 Å². The number of esters is 3. The molecule has 1 heterocycles. The lowest BCUT2D eigenvalue weighted by atomic mass is 10.3. The van der Waals surface area contributed by atoms with Gasteiger partial charge in [-0.05, 0) is 41.5 Å². The summed E-state index contributed by atoms with van der Waals surface area (Å²) in [5.74, 6) is -1.69. The predicted octanol–water partition coefficient (Wildman–Crippen LogP) is 2.53. The van der Waals surface area contributed by atoms with Gasteiger partial charge in [-0.2, -0.15) is 0 Å². The molecule has 0 saturated heterocycles. The van der Waals surface area contributed by atoms with Crippen molar-refractivity contribution >= 4 is 17.9 Å². The summed E-state index contributed by atoms with van der Waals surface area (Å²) >= 11 is 0. The van der Waals surface area contributed by atoms with Gasteiger partial charge in [0.25, 0.3) is 0 Å². The summed E-state index contributed by atoms with van der Waals surface area (Å²) in [7, 11) is 0. The fourth-order valence-electron chi connectivity index (χ4n) is 2.04. The van der Waals surface area contributed by atoms with Crippen LogP contribution in [-0.2, 0) is 28.6 Å². The highest BCUT2D eigenvalue weighted by Gasteiger charge is 2.18. The topological polar surface area (TPSA) is 145 Å². The van der Waals surface area contributed by atoms with Gasteiger partial charge in [-0.3, -0.25) is 0 Å². The smallest absolute Gasteiger partial charge is 0.333 e. The summed E-state index contributed by atoms with van der Waals surface area (Å²) in [5, 5.41) is 0. The zero-order valence-corrected chi connectivity index (χ0v) is 21.5. The van der Waals surface area contributed by atoms with E-state index < -0.39 is 36.2 Å². The summed E-state index contributed by atoms with van der Waals surface area (Å²) in [6.45, 7) is 19.7. The normalized spacial score (nSPS) is 12.8. The van der Waals surface area contributed by atoms with Crippen LogP contribution in [0.1, 0.15) is 41.5 Å². The van der Waals surface area contributed by atoms with Crippen LogP contribution in [0.4, 0.5) is 0 Å². The molecule has 1 aromatic heterocycles. The third kappa shape index (κ3) is 11.4. The van der Waals surface area contributed by atoms with Crippen LogP contribution in [0.3, 0.4) is 0 Å². The molecule has 0 radical (unpaired) electrons. The third-order valence-corrected chi connectivity index (χ3v) is 3.89. The van der Waals surface area contributed by atoms with E-state index in [0.717, 1.165) is 0 Å². The predicted molar refractivity (Wildman–Crippen MR) is 127 cm³/mol. The molecule has 0 spiro atoms. The summed E-state index contributed by atoms with van der Waals surface area (Å²) in [5.41, 5.74) is 0.740. The van der Waals surface area contributed by atoms with Crippen molar-refractivity contribution in [2.75, 3.05) is 19.8 Å². The van der Waals surface area contributed by atoms with Crippen LogP contribution in [0.2, 0.25) is 0 Å². The minimum Gasteiger partial charge on any atom is -0.459 e. The summed E-state index contributed by atoms with van der Waals surface area (Å²) < 4.78 is 32.0. The molecule has 12 nitrogen and oxygen atoms in total. The highest BCUT2D eigenvalue weighted by molar-refractivity contribution is 5.87. The quantitative estimate of drug-likeness (QED) is 0.195. The van der Waals surface area contributed by atoms with Gasteiger partial charge in [0.2, 0.25) is 0 Å². The van der Waals surface area contributed by atoms with Gasteiger partial charge >= 0.3 is 35.9 Å². The van der Waals surface area contributed by atoms with Crippen LogP contribution in [-0.4, -0.2) is 71.0 Å². The third-order valence-electron chi connectivity index (χ3n) is 3.89. The van der Waals surface area contributed by atoms with Crippen LogP contribution in [0.5, 0.6) is 18.0 Å². The zero-order chi connectivity index (χ0) is 27.4. The molecule has 0 N–H and O–H groups in total. The van der Waals surface area contributed by atoms with Gasteiger partial charge in [-0.15, -0.1) is 15.0 Å². The molecule has 198 valence electrons. The van der Waals surface area contributed by atoms with E-state index in [0.29, 0.717) is 0 Å². The van der Waals surface area contributed by atoms with Gasteiger partial charge < -0.3 is 28.4 Å². The number of rotatable bonds is 15. The standard InChI is InChI=1S/C24H33N3O9/c1-13(2)19(28)34-16(7)10-31-22-25-23(32-11-17(8)35-20(29)14(3)4)27-24(26-22)33-12-18(9)36-21(30)15(5)6/h16-18H,1,3,5,10-12H2,2,4,6-9H3. The molecule has 0 saturated carbocycles. The highest BCUT2D eigenvalue weighted by atomic mass is 16.6. The molecule has 1 rings (SSSR count). The zero-order valence-electron chi connectivity index (χ0n) is 21.5. The molecular weight excluding hydrogens is 474 g/mol. The fourth-order valence-corrected chi connectivity index (χ4v) is 2.04. The van der Waals surface area contributed by atoms with Crippen molar-refractivity contribution in [3.05, 3.63) is 36.5 Å². The molecule has 0 amide bonds. The summed E-state index contributed by atoms with van der Waals surface area (Å²) in [4.78, 5) is 47.1. The Morgan fingerprint density at radius 1 is 0.583 bits per heavy atom. The van der Waals surface area contributed by atoms with E-state index in [9.17, 15) is 14.4 Å². The Hall–Kier alpha value is -3.96. The highest BCUT2D eigenvalue weighted by Crippen LogP contribution is 2.16. The van der Waals surface area contributed by atoms with Crippen LogP contribution >= 0.6 is 0 Å². The first kappa shape index (κ1) is 30.1. The molecule has 1 aromatic rings. The maximum Gasteiger partial charge on any atom is 0.333 e. The molecule has 3 atom stereocenters. The Morgan fingerprint density at radius 3 is 1.00 bits per heavy atom. The second kappa shape index (κ2) is 14.4. The van der Waals surface area contributed by atoms with E-state index in [1.54, 1.807) is 20.8 Å². The minimum absolute atomic E-state index is 0.0822. The van der Waals surface area contributed by atoms with Crippen molar-refractivity contribution in [2.24, 2.45) is 0 Å². The molecule has 36 heavy (non-hydrogen) atoms. The summed E-state index contributed by atoms with van der Waals surface area (Å²) in [6.07, 6.45) is -1.91. The Labute approximate surface area is 210 Å². The van der Waals surface area contributed by atoms with E-state index in [4.69, 9.17) is 28.4 Å². The number of hydrogen-bond donors (Lipinski definition) is 0. The Kier molecular flexibility index (Phi) is 12.1. The molecule has 0 aromatic carbocycles. The van der Waals surface area contributed by atoms with Crippen molar-refractivity contribution in [1.82, 2.24) is 15.0 Å². The lowest BCUT2D eigenvalue weighted by Crippen LogP contribution is -2.25. The average Bonchev–Trinajstić information content (AvgIpc) is 2.79. The second-order valence-electron chi connectivity index (χ2n) is 8.10. The fraction of sp³-hybridized carbons (Fsp3) is 0.500. The molecule has 0 aliphatic rings. The Bertz CT molecular complexity index is 857. The number of aromatic nitrogens is 3. The summed E-state index contributed by atoms with van der Waals surface area (Å²) in [6, 6.07) is -0.524. The molecule has 0 aliphatic heterocycles. The van der Waals surface area contributed by atoms with Gasteiger partial charge in [0.15, 0.2) is 0 Å². The van der Waals surface area contributed by atoms with Gasteiger partial charge in [-0.25, -0.2) is 14.4 Å². The molecule has 3 unspecified atom stereocenters. The maximum atomic E-state index is 11.7. The molecule has 0 fully saturated rings. The van der Waals surface area contributed by atoms with Crippen molar-refractivity contribution in [2.45, 2.75) is 59.9 Å². The van der Waals surface area contributed by atoms with Crippen molar-refractivity contribution in [1.29, 1.82) is 0 Å². The molecular formula is C24H33N3O9. The molecule has 12 heteroatoms. The number of hydrogen-bond acceptors (Lipinski definition) is 12. The van der Waals surface area contributed by atoms with E-state index >= 15 is 0 Å². The molecule has 0 bridgehead atoms. The van der Waals surface area contributed by atoms with Gasteiger partial charge in [0, 0.05) is 16.7 Å².